The van der Waals surface area contributed by atoms with Gasteiger partial charge in [-0.2, -0.15) is 0 Å². The number of methoxy groups -OCH3 is 1. The van der Waals surface area contributed by atoms with E-state index in [4.69, 9.17) is 4.74 Å². The molecule has 0 saturated carbocycles. The summed E-state index contributed by atoms with van der Waals surface area (Å²) in [7, 11) is 1.71. The van der Waals surface area contributed by atoms with Gasteiger partial charge in [0, 0.05) is 31.9 Å². The molecule has 1 saturated heterocycles. The molecule has 0 bridgehead atoms. The lowest BCUT2D eigenvalue weighted by Crippen LogP contribution is -2.47. The molecule has 0 spiro atoms. The van der Waals surface area contributed by atoms with Crippen molar-refractivity contribution in [2.45, 2.75) is 18.9 Å². The van der Waals surface area contributed by atoms with Crippen molar-refractivity contribution in [1.29, 1.82) is 0 Å². The van der Waals surface area contributed by atoms with Crippen LogP contribution in [0.1, 0.15) is 11.1 Å². The fourth-order valence-electron chi connectivity index (χ4n) is 3.78. The van der Waals surface area contributed by atoms with E-state index in [1.54, 1.807) is 7.11 Å². The van der Waals surface area contributed by atoms with Crippen LogP contribution in [-0.2, 0) is 4.79 Å². The second kappa shape index (κ2) is 10.6. The molecule has 2 heterocycles. The third-order valence-corrected chi connectivity index (χ3v) is 6.72. The number of aromatic nitrogens is 2. The molecule has 0 radical (unpaired) electrons. The minimum atomic E-state index is -0.0541. The Bertz CT molecular complexity index is 1100. The van der Waals surface area contributed by atoms with Crippen molar-refractivity contribution in [3.8, 4) is 5.75 Å². The third-order valence-electron chi connectivity index (χ3n) is 5.80. The van der Waals surface area contributed by atoms with Crippen LogP contribution in [0.15, 0.2) is 59.6 Å². The van der Waals surface area contributed by atoms with Crippen molar-refractivity contribution < 1.29 is 9.53 Å². The number of benzene rings is 2. The first-order valence-electron chi connectivity index (χ1n) is 11.0. The number of thioether (sulfide) groups is 1. The van der Waals surface area contributed by atoms with E-state index in [2.05, 4.69) is 38.3 Å². The molecule has 0 aliphatic carbocycles. The number of amides is 1. The summed E-state index contributed by atoms with van der Waals surface area (Å²) in [6.45, 7) is 7.58. The summed E-state index contributed by atoms with van der Waals surface area (Å²) in [4.78, 5) is 16.9. The Morgan fingerprint density at radius 2 is 1.73 bits per heavy atom. The van der Waals surface area contributed by atoms with Gasteiger partial charge in [-0.3, -0.25) is 4.79 Å². The van der Waals surface area contributed by atoms with Gasteiger partial charge < -0.3 is 19.9 Å². The molecule has 1 N–H and O–H groups in total. The molecule has 0 unspecified atom stereocenters. The summed E-state index contributed by atoms with van der Waals surface area (Å²) in [6, 6.07) is 17.9. The number of rotatable bonds is 7. The molecule has 3 aromatic rings. The predicted molar refractivity (Wildman–Crippen MR) is 135 cm³/mol. The lowest BCUT2D eigenvalue weighted by Gasteiger charge is -2.37. The quantitative estimate of drug-likeness (QED) is 0.528. The molecule has 172 valence electrons. The molecule has 0 atom stereocenters. The number of aryl methyl sites for hydroxylation is 2. The monoisotopic (exact) mass is 463 g/mol. The van der Waals surface area contributed by atoms with Gasteiger partial charge in [0.15, 0.2) is 5.82 Å². The van der Waals surface area contributed by atoms with Gasteiger partial charge in [-0.25, -0.2) is 0 Å². The number of para-hydroxylation sites is 2. The van der Waals surface area contributed by atoms with Gasteiger partial charge in [-0.05, 0) is 61.4 Å². The number of carbonyl (C=O) groups is 1. The number of ether oxygens (including phenoxy) is 1. The smallest absolute Gasteiger partial charge is 0.234 e. The highest BCUT2D eigenvalue weighted by atomic mass is 32.2. The maximum atomic E-state index is 12.3. The maximum Gasteiger partial charge on any atom is 0.234 e. The third kappa shape index (κ3) is 5.76. The lowest BCUT2D eigenvalue weighted by atomic mass is 10.1. The number of nitrogens with zero attached hydrogens (tertiary/aromatic N) is 4. The Morgan fingerprint density at radius 1 is 0.970 bits per heavy atom. The minimum absolute atomic E-state index is 0.0541. The topological polar surface area (TPSA) is 70.6 Å². The van der Waals surface area contributed by atoms with Gasteiger partial charge in [-0.1, -0.05) is 30.0 Å². The lowest BCUT2D eigenvalue weighted by molar-refractivity contribution is -0.113. The number of nitrogens with one attached hydrogen (secondary N) is 1. The highest BCUT2D eigenvalue weighted by Gasteiger charge is 2.20. The van der Waals surface area contributed by atoms with Crippen molar-refractivity contribution in [3.63, 3.8) is 0 Å². The normalized spacial score (nSPS) is 13.7. The van der Waals surface area contributed by atoms with E-state index in [1.165, 1.54) is 17.3 Å². The molecule has 1 aliphatic heterocycles. The Hall–Kier alpha value is -3.26. The van der Waals surface area contributed by atoms with Gasteiger partial charge in [0.2, 0.25) is 5.91 Å². The van der Waals surface area contributed by atoms with Crippen LogP contribution in [0.4, 0.5) is 17.2 Å². The number of hydrogen-bond acceptors (Lipinski definition) is 7. The van der Waals surface area contributed by atoms with E-state index in [0.29, 0.717) is 5.75 Å². The van der Waals surface area contributed by atoms with Crippen LogP contribution in [0.25, 0.3) is 0 Å². The molecule has 1 aromatic heterocycles. The van der Waals surface area contributed by atoms with Crippen LogP contribution in [0.5, 0.6) is 5.75 Å². The van der Waals surface area contributed by atoms with Crippen LogP contribution < -0.4 is 19.9 Å². The number of carbonyl (C=O) groups excluding carboxylic acids is 1. The highest BCUT2D eigenvalue weighted by molar-refractivity contribution is 7.99. The summed E-state index contributed by atoms with van der Waals surface area (Å²) in [5, 5.41) is 12.4. The molecule has 2 aromatic carbocycles. The molecular formula is C25H29N5O2S. The van der Waals surface area contributed by atoms with Crippen LogP contribution in [0.3, 0.4) is 0 Å². The Kier molecular flexibility index (Phi) is 7.34. The van der Waals surface area contributed by atoms with Crippen LogP contribution in [0.2, 0.25) is 0 Å². The van der Waals surface area contributed by atoms with E-state index in [0.717, 1.165) is 59.7 Å². The minimum Gasteiger partial charge on any atom is -0.495 e. The van der Waals surface area contributed by atoms with Crippen molar-refractivity contribution in [1.82, 2.24) is 10.2 Å². The Labute approximate surface area is 199 Å². The van der Waals surface area contributed by atoms with E-state index < -0.39 is 0 Å². The summed E-state index contributed by atoms with van der Waals surface area (Å²) < 4.78 is 5.50. The molecule has 8 heteroatoms. The number of hydrogen-bond donors (Lipinski definition) is 1. The summed E-state index contributed by atoms with van der Waals surface area (Å²) in [5.74, 6) is 1.99. The van der Waals surface area contributed by atoms with Crippen LogP contribution in [-0.4, -0.2) is 55.1 Å². The fraction of sp³-hybridized carbons (Fsp3) is 0.320. The second-order valence-electron chi connectivity index (χ2n) is 8.01. The molecule has 33 heavy (non-hydrogen) atoms. The largest absolute Gasteiger partial charge is 0.495 e. The average molecular weight is 464 g/mol. The molecule has 7 nitrogen and oxygen atoms in total. The molecule has 1 fully saturated rings. The number of anilines is 3. The van der Waals surface area contributed by atoms with Gasteiger partial charge in [-0.15, -0.1) is 10.2 Å². The van der Waals surface area contributed by atoms with Gasteiger partial charge >= 0.3 is 0 Å². The van der Waals surface area contributed by atoms with E-state index in [-0.39, 0.29) is 5.91 Å². The van der Waals surface area contributed by atoms with Gasteiger partial charge in [0.1, 0.15) is 10.8 Å². The van der Waals surface area contributed by atoms with Crippen LogP contribution >= 0.6 is 11.8 Å². The zero-order valence-corrected chi connectivity index (χ0v) is 20.1. The van der Waals surface area contributed by atoms with E-state index in [1.807, 2.05) is 55.5 Å². The first-order valence-corrected chi connectivity index (χ1v) is 12.0. The molecular weight excluding hydrogens is 434 g/mol. The average Bonchev–Trinajstić information content (AvgIpc) is 2.85. The summed E-state index contributed by atoms with van der Waals surface area (Å²) in [6.07, 6.45) is 0. The Morgan fingerprint density at radius 3 is 2.42 bits per heavy atom. The maximum absolute atomic E-state index is 12.3. The first-order chi connectivity index (χ1) is 16.0. The summed E-state index contributed by atoms with van der Waals surface area (Å²) >= 11 is 1.39. The van der Waals surface area contributed by atoms with Crippen molar-refractivity contribution in [2.24, 2.45) is 0 Å². The molecule has 4 rings (SSSR count). The van der Waals surface area contributed by atoms with Crippen molar-refractivity contribution in [3.05, 3.63) is 65.7 Å². The molecule has 1 aliphatic rings. The summed E-state index contributed by atoms with van der Waals surface area (Å²) in [5.41, 5.74) is 4.30. The zero-order valence-electron chi connectivity index (χ0n) is 19.2. The highest BCUT2D eigenvalue weighted by Crippen LogP contribution is 2.29. The van der Waals surface area contributed by atoms with E-state index in [9.17, 15) is 4.79 Å². The van der Waals surface area contributed by atoms with Gasteiger partial charge in [0.25, 0.3) is 0 Å². The van der Waals surface area contributed by atoms with E-state index >= 15 is 0 Å². The van der Waals surface area contributed by atoms with Crippen LogP contribution in [0, 0.1) is 13.8 Å². The second-order valence-corrected chi connectivity index (χ2v) is 9.01. The fourth-order valence-corrected chi connectivity index (χ4v) is 4.40. The SMILES string of the molecule is COc1ccccc1N1CCN(c2ccc(SCC(=O)Nc3ccc(C)c(C)c3)nn2)CC1. The molecule has 1 amide bonds. The van der Waals surface area contributed by atoms with Crippen molar-refractivity contribution >= 4 is 34.9 Å². The first kappa shape index (κ1) is 22.9. The standard InChI is InChI=1S/C25H29N5O2S/c1-18-8-9-20(16-19(18)2)26-24(31)17-33-25-11-10-23(27-28-25)30-14-12-29(13-15-30)21-6-4-5-7-22(21)32-3/h4-11,16H,12-15,17H2,1-3H3,(H,26,31). The zero-order chi connectivity index (χ0) is 23.2. The number of piperazine rings is 1. The predicted octanol–water partition coefficient (Wildman–Crippen LogP) is 4.16. The van der Waals surface area contributed by atoms with Crippen molar-refractivity contribution in [2.75, 3.05) is 54.2 Å². The Balaban J connectivity index is 1.27. The van der Waals surface area contributed by atoms with Gasteiger partial charge in [0.05, 0.1) is 18.6 Å².